The number of nitrogens with zero attached hydrogens (tertiary/aromatic N) is 1. The van der Waals surface area contributed by atoms with Crippen LogP contribution in [0, 0.1) is 0 Å². The molecule has 0 saturated carbocycles. The van der Waals surface area contributed by atoms with Crippen molar-refractivity contribution in [3.05, 3.63) is 70.1 Å². The summed E-state index contributed by atoms with van der Waals surface area (Å²) in [5.41, 5.74) is 3.23. The highest BCUT2D eigenvalue weighted by atomic mass is 16.5. The van der Waals surface area contributed by atoms with Gasteiger partial charge in [-0.3, -0.25) is 4.79 Å². The van der Waals surface area contributed by atoms with Gasteiger partial charge >= 0.3 is 11.9 Å². The Morgan fingerprint density at radius 1 is 1.04 bits per heavy atom. The molecular formula is C18H13N3O6. The number of nitrogens with two attached hydrogens (primary N) is 1. The molecule has 0 radical (unpaired) electrons. The van der Waals surface area contributed by atoms with E-state index in [4.69, 9.17) is 10.5 Å². The van der Waals surface area contributed by atoms with Crippen LogP contribution >= 0.6 is 0 Å². The Bertz CT molecular complexity index is 1090. The summed E-state index contributed by atoms with van der Waals surface area (Å²) < 4.78 is 5.58. The summed E-state index contributed by atoms with van der Waals surface area (Å²) in [4.78, 5) is 41.4. The van der Waals surface area contributed by atoms with Crippen molar-refractivity contribution in [3.63, 3.8) is 0 Å². The summed E-state index contributed by atoms with van der Waals surface area (Å²) in [5.74, 6) is -2.93. The Hall–Kier alpha value is -4.14. The molecule has 3 rings (SSSR count). The van der Waals surface area contributed by atoms with Crippen molar-refractivity contribution >= 4 is 17.8 Å². The summed E-state index contributed by atoms with van der Waals surface area (Å²) in [7, 11) is 0. The Labute approximate surface area is 151 Å². The van der Waals surface area contributed by atoms with Crippen LogP contribution in [0.25, 0.3) is 11.1 Å². The molecule has 5 N–H and O–H groups in total. The number of carboxylic acid groups (broad SMARTS) is 2. The van der Waals surface area contributed by atoms with Gasteiger partial charge in [-0.05, 0) is 23.8 Å². The van der Waals surface area contributed by atoms with Crippen LogP contribution in [0.2, 0.25) is 0 Å². The van der Waals surface area contributed by atoms with E-state index in [2.05, 4.69) is 9.97 Å². The normalized spacial score (nSPS) is 10.4. The number of aromatic nitrogens is 2. The molecule has 0 amide bonds. The number of hydrogen-bond donors (Lipinski definition) is 4. The number of pyridine rings is 2. The maximum absolute atomic E-state index is 12.1. The number of hydrogen-bond acceptors (Lipinski definition) is 6. The number of nitrogen functional groups attached to an aromatic ring is 1. The van der Waals surface area contributed by atoms with Crippen LogP contribution in [0.1, 0.15) is 20.7 Å². The van der Waals surface area contributed by atoms with Gasteiger partial charge in [-0.1, -0.05) is 18.2 Å². The molecule has 2 aromatic heterocycles. The smallest absolute Gasteiger partial charge is 0.342 e. The molecule has 0 aliphatic rings. The largest absolute Gasteiger partial charge is 0.478 e. The van der Waals surface area contributed by atoms with Crippen molar-refractivity contribution in [2.24, 2.45) is 0 Å². The first-order valence-electron chi connectivity index (χ1n) is 7.60. The maximum atomic E-state index is 12.1. The molecule has 27 heavy (non-hydrogen) atoms. The molecule has 0 spiro atoms. The molecule has 0 saturated heterocycles. The van der Waals surface area contributed by atoms with Crippen molar-refractivity contribution in [1.82, 2.24) is 9.97 Å². The van der Waals surface area contributed by atoms with Gasteiger partial charge in [-0.25, -0.2) is 14.6 Å². The number of rotatable bonds is 5. The average molecular weight is 367 g/mol. The van der Waals surface area contributed by atoms with Gasteiger partial charge in [-0.2, -0.15) is 0 Å². The van der Waals surface area contributed by atoms with Crippen LogP contribution in [0.5, 0.6) is 11.6 Å². The number of carbonyl (C=O) groups is 2. The zero-order valence-corrected chi connectivity index (χ0v) is 13.7. The van der Waals surface area contributed by atoms with Gasteiger partial charge in [0, 0.05) is 17.8 Å². The second-order valence-corrected chi connectivity index (χ2v) is 5.40. The quantitative estimate of drug-likeness (QED) is 0.535. The van der Waals surface area contributed by atoms with Gasteiger partial charge in [0.1, 0.15) is 22.7 Å². The van der Waals surface area contributed by atoms with Gasteiger partial charge in [0.25, 0.3) is 5.56 Å². The number of H-pyrrole nitrogens is 1. The monoisotopic (exact) mass is 367 g/mol. The van der Waals surface area contributed by atoms with Crippen LogP contribution in [0.4, 0.5) is 5.82 Å². The van der Waals surface area contributed by atoms with E-state index in [1.54, 1.807) is 24.3 Å². The molecule has 9 nitrogen and oxygen atoms in total. The SMILES string of the molecule is Nc1[nH]c(=O)c(C(=O)O)c(-c2cccc(Oc3ccccn3)c2)c1C(=O)O. The molecule has 0 bridgehead atoms. The Morgan fingerprint density at radius 3 is 2.41 bits per heavy atom. The fourth-order valence-electron chi connectivity index (χ4n) is 2.58. The number of anilines is 1. The summed E-state index contributed by atoms with van der Waals surface area (Å²) >= 11 is 0. The highest BCUT2D eigenvalue weighted by Gasteiger charge is 2.26. The molecule has 0 aliphatic carbocycles. The third kappa shape index (κ3) is 3.47. The molecule has 3 aromatic rings. The number of aromatic amines is 1. The van der Waals surface area contributed by atoms with E-state index in [9.17, 15) is 24.6 Å². The van der Waals surface area contributed by atoms with Crippen LogP contribution in [-0.4, -0.2) is 32.1 Å². The van der Waals surface area contributed by atoms with Gasteiger partial charge < -0.3 is 25.7 Å². The highest BCUT2D eigenvalue weighted by Crippen LogP contribution is 2.32. The number of nitrogens with one attached hydrogen (secondary N) is 1. The lowest BCUT2D eigenvalue weighted by Crippen LogP contribution is -2.24. The first-order valence-corrected chi connectivity index (χ1v) is 7.60. The third-order valence-electron chi connectivity index (χ3n) is 3.66. The Balaban J connectivity index is 2.22. The van der Waals surface area contributed by atoms with E-state index < -0.39 is 34.4 Å². The molecule has 9 heteroatoms. The van der Waals surface area contributed by atoms with Gasteiger partial charge in [-0.15, -0.1) is 0 Å². The highest BCUT2D eigenvalue weighted by molar-refractivity contribution is 6.07. The lowest BCUT2D eigenvalue weighted by Gasteiger charge is -2.13. The topological polar surface area (TPSA) is 156 Å². The fraction of sp³-hybridized carbons (Fsp3) is 0. The van der Waals surface area contributed by atoms with Crippen molar-refractivity contribution in [3.8, 4) is 22.8 Å². The van der Waals surface area contributed by atoms with Gasteiger partial charge in [0.05, 0.1) is 0 Å². The maximum Gasteiger partial charge on any atom is 0.342 e. The van der Waals surface area contributed by atoms with Crippen molar-refractivity contribution in [2.45, 2.75) is 0 Å². The first-order chi connectivity index (χ1) is 12.9. The second kappa shape index (κ2) is 7.00. The molecule has 2 heterocycles. The van der Waals surface area contributed by atoms with Crippen molar-refractivity contribution in [1.29, 1.82) is 0 Å². The fourth-order valence-corrected chi connectivity index (χ4v) is 2.58. The van der Waals surface area contributed by atoms with E-state index in [0.29, 0.717) is 0 Å². The Kier molecular flexibility index (Phi) is 4.58. The predicted molar refractivity (Wildman–Crippen MR) is 95.1 cm³/mol. The molecule has 136 valence electrons. The molecule has 0 unspecified atom stereocenters. The lowest BCUT2D eigenvalue weighted by molar-refractivity contribution is 0.0695. The number of ether oxygens (including phenoxy) is 1. The van der Waals surface area contributed by atoms with Crippen molar-refractivity contribution in [2.75, 3.05) is 5.73 Å². The molecule has 1 aromatic carbocycles. The van der Waals surface area contributed by atoms with Crippen LogP contribution < -0.4 is 16.0 Å². The van der Waals surface area contributed by atoms with Crippen molar-refractivity contribution < 1.29 is 24.5 Å². The molecule has 0 atom stereocenters. The zero-order chi connectivity index (χ0) is 19.6. The average Bonchev–Trinajstić information content (AvgIpc) is 2.61. The summed E-state index contributed by atoms with van der Waals surface area (Å²) in [6.45, 7) is 0. The van der Waals surface area contributed by atoms with E-state index in [1.165, 1.54) is 24.4 Å². The Morgan fingerprint density at radius 2 is 1.78 bits per heavy atom. The minimum atomic E-state index is -1.58. The minimum Gasteiger partial charge on any atom is -0.478 e. The number of carboxylic acids is 2. The number of aromatic carboxylic acids is 2. The molecule has 0 fully saturated rings. The first kappa shape index (κ1) is 17.7. The minimum absolute atomic E-state index is 0.149. The van der Waals surface area contributed by atoms with E-state index >= 15 is 0 Å². The van der Waals surface area contributed by atoms with E-state index in [1.807, 2.05) is 0 Å². The second-order valence-electron chi connectivity index (χ2n) is 5.40. The summed E-state index contributed by atoms with van der Waals surface area (Å²) in [6.07, 6.45) is 1.53. The van der Waals surface area contributed by atoms with E-state index in [0.717, 1.165) is 0 Å². The van der Waals surface area contributed by atoms with Gasteiger partial charge in [0.15, 0.2) is 0 Å². The zero-order valence-electron chi connectivity index (χ0n) is 13.7. The summed E-state index contributed by atoms with van der Waals surface area (Å²) in [5, 5.41) is 18.9. The standard InChI is InChI=1S/C18H13N3O6/c19-15-13(17(23)24)12(14(18(25)26)16(22)21-15)9-4-3-5-10(8-9)27-11-6-1-2-7-20-11/h1-8H,(H,23,24)(H,25,26)(H3,19,21,22). The molecular weight excluding hydrogens is 354 g/mol. The van der Waals surface area contributed by atoms with Crippen LogP contribution in [0.15, 0.2) is 53.5 Å². The van der Waals surface area contributed by atoms with Crippen LogP contribution in [0.3, 0.4) is 0 Å². The third-order valence-corrected chi connectivity index (χ3v) is 3.66. The van der Waals surface area contributed by atoms with E-state index in [-0.39, 0.29) is 22.8 Å². The molecule has 0 aliphatic heterocycles. The number of benzene rings is 1. The van der Waals surface area contributed by atoms with Crippen LogP contribution in [-0.2, 0) is 0 Å². The predicted octanol–water partition coefficient (Wildman–Crippen LogP) is 2.21. The lowest BCUT2D eigenvalue weighted by atomic mass is 9.95. The van der Waals surface area contributed by atoms with Gasteiger partial charge in [0.2, 0.25) is 5.88 Å². The summed E-state index contributed by atoms with van der Waals surface area (Å²) in [6, 6.07) is 11.0.